The highest BCUT2D eigenvalue weighted by atomic mass is 16.7. The fraction of sp³-hybridized carbons (Fsp3) is 0.559. The molecule has 55 heavy (non-hydrogen) atoms. The van der Waals surface area contributed by atoms with Crippen LogP contribution < -0.4 is 19.6 Å². The number of phenols is 2. The summed E-state index contributed by atoms with van der Waals surface area (Å²) in [6, 6.07) is 5.75. The lowest BCUT2D eigenvalue weighted by molar-refractivity contribution is -0.318. The van der Waals surface area contributed by atoms with E-state index in [1.165, 1.54) is 32.2 Å². The summed E-state index contributed by atoms with van der Waals surface area (Å²) in [5.41, 5.74) is -1.39. The molecule has 12 N–H and O–H groups in total. The third-order valence-corrected chi connectivity index (χ3v) is 9.58. The third-order valence-electron chi connectivity index (χ3n) is 9.58. The number of hydrogen-bond acceptors (Lipinski definition) is 21. The maximum absolute atomic E-state index is 14.0. The number of aliphatic hydroxyl groups excluding tert-OH is 10. The van der Waals surface area contributed by atoms with E-state index < -0.39 is 133 Å². The van der Waals surface area contributed by atoms with Gasteiger partial charge in [-0.3, -0.25) is 4.79 Å². The summed E-state index contributed by atoms with van der Waals surface area (Å²) in [5, 5.41) is 124. The highest BCUT2D eigenvalue weighted by Crippen LogP contribution is 2.40. The number of methoxy groups -OCH3 is 1. The molecule has 3 aliphatic heterocycles. The lowest BCUT2D eigenvalue weighted by Gasteiger charge is -2.42. The smallest absolute Gasteiger partial charge is 0.239 e. The van der Waals surface area contributed by atoms with Gasteiger partial charge in [0.05, 0.1) is 26.4 Å². The van der Waals surface area contributed by atoms with Crippen LogP contribution in [-0.2, 0) is 18.9 Å². The lowest BCUT2D eigenvalue weighted by Crippen LogP contribution is -2.61. The van der Waals surface area contributed by atoms with Crippen LogP contribution in [0.4, 0.5) is 0 Å². The molecule has 0 unspecified atom stereocenters. The maximum Gasteiger partial charge on any atom is 0.239 e. The number of aromatic hydroxyl groups is 2. The summed E-state index contributed by atoms with van der Waals surface area (Å²) in [7, 11) is 1.25. The molecule has 0 aliphatic carbocycles. The highest BCUT2D eigenvalue weighted by molar-refractivity contribution is 5.88. The Morgan fingerprint density at radius 2 is 1.27 bits per heavy atom. The maximum atomic E-state index is 14.0. The third kappa shape index (κ3) is 7.77. The van der Waals surface area contributed by atoms with Gasteiger partial charge in [0.25, 0.3) is 0 Å². The number of ether oxygens (including phenoxy) is 7. The predicted molar refractivity (Wildman–Crippen MR) is 178 cm³/mol. The van der Waals surface area contributed by atoms with E-state index in [-0.39, 0.29) is 28.4 Å². The molecule has 1 aromatic heterocycles. The Bertz CT molecular complexity index is 1870. The second-order valence-electron chi connectivity index (χ2n) is 13.3. The first-order chi connectivity index (χ1) is 26.1. The monoisotopic (exact) mass is 786 g/mol. The van der Waals surface area contributed by atoms with Crippen molar-refractivity contribution in [2.24, 2.45) is 0 Å². The Hall–Kier alpha value is -3.91. The Morgan fingerprint density at radius 3 is 1.93 bits per heavy atom. The Labute approximate surface area is 309 Å². The molecule has 304 valence electrons. The molecule has 3 aromatic rings. The largest absolute Gasteiger partial charge is 0.507 e. The molecule has 21 nitrogen and oxygen atoms in total. The van der Waals surface area contributed by atoms with E-state index in [2.05, 4.69) is 0 Å². The summed E-state index contributed by atoms with van der Waals surface area (Å²) in [6.07, 6.45) is -24.8. The molecular formula is C34H42O21. The van der Waals surface area contributed by atoms with Crippen molar-refractivity contribution in [2.75, 3.05) is 20.3 Å². The van der Waals surface area contributed by atoms with Crippen LogP contribution in [0.5, 0.6) is 28.7 Å². The first-order valence-corrected chi connectivity index (χ1v) is 16.9. The predicted octanol–water partition coefficient (Wildman–Crippen LogP) is -3.91. The second kappa shape index (κ2) is 16.3. The summed E-state index contributed by atoms with van der Waals surface area (Å²) >= 11 is 0. The molecule has 0 amide bonds. The van der Waals surface area contributed by atoms with Crippen molar-refractivity contribution in [3.8, 4) is 40.1 Å². The van der Waals surface area contributed by atoms with Crippen LogP contribution in [0, 0.1) is 0 Å². The normalized spacial score (nSPS) is 36.8. The number of hydrogen-bond donors (Lipinski definition) is 12. The molecule has 15 atom stereocenters. The molecule has 0 saturated carbocycles. The van der Waals surface area contributed by atoms with Gasteiger partial charge in [-0.25, -0.2) is 0 Å². The highest BCUT2D eigenvalue weighted by Gasteiger charge is 2.48. The van der Waals surface area contributed by atoms with Crippen molar-refractivity contribution in [1.29, 1.82) is 0 Å². The van der Waals surface area contributed by atoms with Gasteiger partial charge in [0.15, 0.2) is 23.5 Å². The molecule has 3 saturated heterocycles. The van der Waals surface area contributed by atoms with Gasteiger partial charge in [-0.15, -0.1) is 0 Å². The lowest BCUT2D eigenvalue weighted by atomic mass is 9.98. The summed E-state index contributed by atoms with van der Waals surface area (Å²) < 4.78 is 44.6. The Kier molecular flexibility index (Phi) is 12.1. The van der Waals surface area contributed by atoms with Crippen molar-refractivity contribution in [1.82, 2.24) is 0 Å². The van der Waals surface area contributed by atoms with E-state index in [9.17, 15) is 66.1 Å². The average molecular weight is 787 g/mol. The van der Waals surface area contributed by atoms with Gasteiger partial charge in [-0.2, -0.15) is 0 Å². The van der Waals surface area contributed by atoms with Crippen molar-refractivity contribution >= 4 is 11.0 Å². The summed E-state index contributed by atoms with van der Waals surface area (Å²) in [4.78, 5) is 14.0. The molecule has 2 aromatic carbocycles. The molecule has 4 heterocycles. The quantitative estimate of drug-likeness (QED) is 0.0934. The molecular weight excluding hydrogens is 744 g/mol. The molecule has 6 rings (SSSR count). The van der Waals surface area contributed by atoms with E-state index in [4.69, 9.17) is 37.6 Å². The number of phenolic OH excluding ortho intramolecular Hbond substituents is 2. The van der Waals surface area contributed by atoms with Crippen LogP contribution in [0.1, 0.15) is 6.92 Å². The van der Waals surface area contributed by atoms with Gasteiger partial charge in [-0.05, 0) is 25.1 Å². The van der Waals surface area contributed by atoms with E-state index in [0.29, 0.717) is 0 Å². The molecule has 0 radical (unpaired) electrons. The van der Waals surface area contributed by atoms with Crippen LogP contribution in [0.25, 0.3) is 22.3 Å². The van der Waals surface area contributed by atoms with E-state index in [1.807, 2.05) is 0 Å². The van der Waals surface area contributed by atoms with Gasteiger partial charge in [0.1, 0.15) is 89.6 Å². The summed E-state index contributed by atoms with van der Waals surface area (Å²) in [5.74, 6) is -2.55. The zero-order valence-corrected chi connectivity index (χ0v) is 29.0. The van der Waals surface area contributed by atoms with Crippen molar-refractivity contribution < 1.29 is 98.9 Å². The first-order valence-electron chi connectivity index (χ1n) is 16.9. The van der Waals surface area contributed by atoms with Gasteiger partial charge in [-0.1, -0.05) is 0 Å². The number of fused-ring (bicyclic) bond motifs is 1. The zero-order valence-electron chi connectivity index (χ0n) is 29.0. The minimum Gasteiger partial charge on any atom is -0.507 e. The molecule has 3 fully saturated rings. The van der Waals surface area contributed by atoms with Crippen LogP contribution in [0.3, 0.4) is 0 Å². The fourth-order valence-corrected chi connectivity index (χ4v) is 6.35. The van der Waals surface area contributed by atoms with E-state index in [1.54, 1.807) is 0 Å². The van der Waals surface area contributed by atoms with Crippen LogP contribution in [-0.4, -0.2) is 174 Å². The van der Waals surface area contributed by atoms with Gasteiger partial charge >= 0.3 is 0 Å². The van der Waals surface area contributed by atoms with Crippen LogP contribution >= 0.6 is 0 Å². The van der Waals surface area contributed by atoms with Crippen LogP contribution in [0.2, 0.25) is 0 Å². The fourth-order valence-electron chi connectivity index (χ4n) is 6.35. The SMILES string of the molecule is COc1cc(-c2oc3cc(O[C@@H]4O[C@H](CO[C@@H]5O[C@@H](C)[C@H](O)[C@@H](O)[C@H]5O)[C@@H](O)[C@H](O)[C@H]4O)cc(O)c3c(=O)c2O[C@@H]2O[C@H](CO)[C@@H](O)[C@H](O)[C@H]2O)ccc1O. The van der Waals surface area contributed by atoms with E-state index >= 15 is 0 Å². The number of rotatable bonds is 10. The minimum absolute atomic E-state index is 0.0357. The molecule has 3 aliphatic rings. The molecule has 21 heteroatoms. The Morgan fingerprint density at radius 1 is 0.673 bits per heavy atom. The molecule has 0 spiro atoms. The topological polar surface area (TPSA) is 338 Å². The number of benzene rings is 2. The molecule has 0 bridgehead atoms. The van der Waals surface area contributed by atoms with Gasteiger partial charge < -0.3 is 98.9 Å². The average Bonchev–Trinajstić information content (AvgIpc) is 3.16. The summed E-state index contributed by atoms with van der Waals surface area (Å²) in [6.45, 7) is 0.0283. The van der Waals surface area contributed by atoms with Crippen molar-refractivity contribution in [3.63, 3.8) is 0 Å². The number of aliphatic hydroxyl groups is 10. The first kappa shape index (κ1) is 40.7. The standard InChI is InChI=1S/C34H42O21/c1-10-20(38)24(42)27(45)32(50-10)49-9-18-22(40)26(44)28(46)33(54-18)51-12-6-14(37)19-16(7-12)52-30(11-3-4-13(36)15(5-11)48-2)31(23(19)41)55-34-29(47)25(43)21(39)17(8-35)53-34/h3-7,10,17-18,20-22,24-29,32-40,42-47H,8-9H2,1-2H3/t10-,17+,18+,20-,21+,22+,24+,25-,26-,27+,28+,29+,32+,33+,34-/m0/s1. The van der Waals surface area contributed by atoms with Crippen molar-refractivity contribution in [2.45, 2.75) is 99.0 Å². The van der Waals surface area contributed by atoms with Crippen LogP contribution in [0.15, 0.2) is 39.5 Å². The zero-order chi connectivity index (χ0) is 40.0. The van der Waals surface area contributed by atoms with Gasteiger partial charge in [0.2, 0.25) is 23.8 Å². The minimum atomic E-state index is -1.95. The van der Waals surface area contributed by atoms with E-state index in [0.717, 1.165) is 12.1 Å². The van der Waals surface area contributed by atoms with Gasteiger partial charge in [0, 0.05) is 17.7 Å². The van der Waals surface area contributed by atoms with Crippen molar-refractivity contribution in [3.05, 3.63) is 40.6 Å². The Balaban J connectivity index is 1.32. The second-order valence-corrected chi connectivity index (χ2v) is 13.3.